The molecule has 0 aromatic carbocycles. The Morgan fingerprint density at radius 3 is 2.58 bits per heavy atom. The van der Waals surface area contributed by atoms with Crippen LogP contribution in [0, 0.1) is 11.8 Å². The van der Waals surface area contributed by atoms with Crippen molar-refractivity contribution in [1.82, 2.24) is 10.2 Å². The van der Waals surface area contributed by atoms with E-state index < -0.39 is 0 Å². The maximum atomic E-state index is 3.98. The van der Waals surface area contributed by atoms with Crippen molar-refractivity contribution in [2.45, 2.75) is 63.5 Å². The van der Waals surface area contributed by atoms with Gasteiger partial charge in [-0.1, -0.05) is 25.3 Å². The number of nitrogens with zero attached hydrogens (tertiary/aromatic N) is 1. The number of nitrogens with one attached hydrogen (secondary N) is 1. The van der Waals surface area contributed by atoms with E-state index in [9.17, 15) is 0 Å². The summed E-state index contributed by atoms with van der Waals surface area (Å²) in [5, 5.41) is 3.91. The molecule has 2 atom stereocenters. The molecule has 3 aliphatic rings. The van der Waals surface area contributed by atoms with E-state index in [1.165, 1.54) is 58.0 Å². The van der Waals surface area contributed by atoms with Gasteiger partial charge in [-0.15, -0.1) is 6.58 Å². The Labute approximate surface area is 118 Å². The Balaban J connectivity index is 1.66. The molecule has 108 valence electrons. The molecule has 0 aromatic heterocycles. The summed E-state index contributed by atoms with van der Waals surface area (Å²) < 4.78 is 0. The third-order valence-electron chi connectivity index (χ3n) is 5.89. The monoisotopic (exact) mass is 262 g/mol. The first-order chi connectivity index (χ1) is 9.24. The summed E-state index contributed by atoms with van der Waals surface area (Å²) in [4.78, 5) is 2.73. The van der Waals surface area contributed by atoms with Crippen LogP contribution >= 0.6 is 0 Å². The molecule has 2 heteroatoms. The minimum absolute atomic E-state index is 0.388. The van der Waals surface area contributed by atoms with E-state index in [2.05, 4.69) is 29.8 Å². The molecule has 2 nitrogen and oxygen atoms in total. The molecule has 0 aromatic rings. The largest absolute Gasteiger partial charge is 0.311 e. The van der Waals surface area contributed by atoms with Crippen LogP contribution in [0.2, 0.25) is 0 Å². The summed E-state index contributed by atoms with van der Waals surface area (Å²) in [6.45, 7) is 9.94. The highest BCUT2D eigenvalue weighted by atomic mass is 15.3. The summed E-state index contributed by atoms with van der Waals surface area (Å²) in [7, 11) is 0. The predicted octanol–water partition coefficient (Wildman–Crippen LogP) is 3.20. The second kappa shape index (κ2) is 5.57. The summed E-state index contributed by atoms with van der Waals surface area (Å²) in [6.07, 6.45) is 12.2. The summed E-state index contributed by atoms with van der Waals surface area (Å²) in [5.41, 5.74) is 0.388. The molecule has 1 aliphatic heterocycles. The maximum Gasteiger partial charge on any atom is 0.0337 e. The highest BCUT2D eigenvalue weighted by Gasteiger charge is 2.48. The number of rotatable bonds is 4. The van der Waals surface area contributed by atoms with Crippen LogP contribution < -0.4 is 5.32 Å². The molecular weight excluding hydrogens is 232 g/mol. The van der Waals surface area contributed by atoms with Gasteiger partial charge in [-0.25, -0.2) is 0 Å². The van der Waals surface area contributed by atoms with Gasteiger partial charge in [0.05, 0.1) is 0 Å². The van der Waals surface area contributed by atoms with Crippen molar-refractivity contribution in [3.63, 3.8) is 0 Å². The van der Waals surface area contributed by atoms with E-state index in [-0.39, 0.29) is 0 Å². The van der Waals surface area contributed by atoms with Crippen molar-refractivity contribution in [3.8, 4) is 0 Å². The van der Waals surface area contributed by atoms with E-state index in [0.29, 0.717) is 5.54 Å². The van der Waals surface area contributed by atoms with Gasteiger partial charge < -0.3 is 5.32 Å². The molecule has 1 saturated heterocycles. The maximum absolute atomic E-state index is 3.98. The van der Waals surface area contributed by atoms with Gasteiger partial charge >= 0.3 is 0 Å². The Morgan fingerprint density at radius 2 is 1.95 bits per heavy atom. The Bertz CT molecular complexity index is 317. The smallest absolute Gasteiger partial charge is 0.0337 e. The van der Waals surface area contributed by atoms with Gasteiger partial charge in [0, 0.05) is 31.2 Å². The van der Waals surface area contributed by atoms with Crippen LogP contribution in [-0.4, -0.2) is 36.1 Å². The molecule has 0 radical (unpaired) electrons. The van der Waals surface area contributed by atoms with Crippen LogP contribution in [0.15, 0.2) is 12.7 Å². The molecule has 2 aliphatic carbocycles. The van der Waals surface area contributed by atoms with Crippen LogP contribution in [0.4, 0.5) is 0 Å². The lowest BCUT2D eigenvalue weighted by atomic mass is 9.80. The van der Waals surface area contributed by atoms with Crippen molar-refractivity contribution < 1.29 is 0 Å². The third kappa shape index (κ3) is 2.75. The molecule has 0 amide bonds. The predicted molar refractivity (Wildman–Crippen MR) is 81.3 cm³/mol. The van der Waals surface area contributed by atoms with Crippen molar-refractivity contribution in [1.29, 1.82) is 0 Å². The van der Waals surface area contributed by atoms with Crippen LogP contribution in [0.25, 0.3) is 0 Å². The topological polar surface area (TPSA) is 15.3 Å². The van der Waals surface area contributed by atoms with E-state index in [1.807, 2.05) is 0 Å². The van der Waals surface area contributed by atoms with Crippen molar-refractivity contribution in [3.05, 3.63) is 12.7 Å². The van der Waals surface area contributed by atoms with E-state index in [0.717, 1.165) is 24.4 Å². The first-order valence-electron chi connectivity index (χ1n) is 8.33. The molecule has 2 unspecified atom stereocenters. The lowest BCUT2D eigenvalue weighted by Crippen LogP contribution is -2.65. The highest BCUT2D eigenvalue weighted by molar-refractivity contribution is 5.06. The van der Waals surface area contributed by atoms with Gasteiger partial charge in [0.2, 0.25) is 0 Å². The normalized spacial score (nSPS) is 38.3. The number of hydrogen-bond acceptors (Lipinski definition) is 2. The van der Waals surface area contributed by atoms with E-state index in [4.69, 9.17) is 0 Å². The first-order valence-corrected chi connectivity index (χ1v) is 8.33. The number of piperazine rings is 1. The molecule has 3 rings (SSSR count). The van der Waals surface area contributed by atoms with E-state index in [1.54, 1.807) is 0 Å². The minimum atomic E-state index is 0.388. The quantitative estimate of drug-likeness (QED) is 0.783. The first kappa shape index (κ1) is 13.6. The van der Waals surface area contributed by atoms with E-state index >= 15 is 0 Å². The Morgan fingerprint density at radius 1 is 1.21 bits per heavy atom. The molecule has 2 saturated carbocycles. The summed E-state index contributed by atoms with van der Waals surface area (Å²) in [6, 6.07) is 0.729. The molecule has 1 heterocycles. The molecule has 19 heavy (non-hydrogen) atoms. The second-order valence-electron chi connectivity index (χ2n) is 7.21. The Kier molecular flexibility index (Phi) is 4.00. The molecular formula is C17H30N2. The van der Waals surface area contributed by atoms with Crippen LogP contribution in [0.5, 0.6) is 0 Å². The van der Waals surface area contributed by atoms with Gasteiger partial charge in [-0.2, -0.15) is 0 Å². The molecule has 3 fully saturated rings. The SMILES string of the molecule is C=CCN1CC(C2CCCCC2)NCC1(C)C1CC1. The van der Waals surface area contributed by atoms with Gasteiger partial charge in [0.25, 0.3) is 0 Å². The van der Waals surface area contributed by atoms with Crippen LogP contribution in [0.3, 0.4) is 0 Å². The second-order valence-corrected chi connectivity index (χ2v) is 7.21. The van der Waals surface area contributed by atoms with Crippen molar-refractivity contribution in [2.75, 3.05) is 19.6 Å². The fourth-order valence-corrected chi connectivity index (χ4v) is 4.36. The fourth-order valence-electron chi connectivity index (χ4n) is 4.36. The molecule has 1 N–H and O–H groups in total. The average molecular weight is 262 g/mol. The van der Waals surface area contributed by atoms with Crippen LogP contribution in [0.1, 0.15) is 51.9 Å². The van der Waals surface area contributed by atoms with Gasteiger partial charge in [-0.05, 0) is 44.4 Å². The zero-order valence-corrected chi connectivity index (χ0v) is 12.5. The zero-order chi connectivity index (χ0) is 13.3. The van der Waals surface area contributed by atoms with Crippen molar-refractivity contribution in [2.24, 2.45) is 11.8 Å². The average Bonchev–Trinajstić information content (AvgIpc) is 3.27. The molecule has 0 bridgehead atoms. The highest BCUT2D eigenvalue weighted by Crippen LogP contribution is 2.44. The van der Waals surface area contributed by atoms with Crippen molar-refractivity contribution >= 4 is 0 Å². The van der Waals surface area contributed by atoms with Crippen LogP contribution in [-0.2, 0) is 0 Å². The fraction of sp³-hybridized carbons (Fsp3) is 0.882. The summed E-state index contributed by atoms with van der Waals surface area (Å²) >= 11 is 0. The minimum Gasteiger partial charge on any atom is -0.311 e. The lowest BCUT2D eigenvalue weighted by molar-refractivity contribution is 0.0270. The Hall–Kier alpha value is -0.340. The standard InChI is InChI=1S/C17H30N2/c1-3-11-19-12-16(14-7-5-4-6-8-14)18-13-17(19,2)15-9-10-15/h3,14-16,18H,1,4-13H2,2H3. The lowest BCUT2D eigenvalue weighted by Gasteiger charge is -2.50. The third-order valence-corrected chi connectivity index (χ3v) is 5.89. The summed E-state index contributed by atoms with van der Waals surface area (Å²) in [5.74, 6) is 1.84. The van der Waals surface area contributed by atoms with Gasteiger partial charge in [0.1, 0.15) is 0 Å². The number of hydrogen-bond donors (Lipinski definition) is 1. The zero-order valence-electron chi connectivity index (χ0n) is 12.5. The van der Waals surface area contributed by atoms with Gasteiger partial charge in [0.15, 0.2) is 0 Å². The van der Waals surface area contributed by atoms with Gasteiger partial charge in [-0.3, -0.25) is 4.90 Å². The molecule has 0 spiro atoms.